The quantitative estimate of drug-likeness (QED) is 0.779. The van der Waals surface area contributed by atoms with E-state index < -0.39 is 0 Å². The number of nitrogens with zero attached hydrogens (tertiary/aromatic N) is 3. The lowest BCUT2D eigenvalue weighted by molar-refractivity contribution is -0.124. The van der Waals surface area contributed by atoms with Crippen molar-refractivity contribution in [3.8, 4) is 0 Å². The Labute approximate surface area is 166 Å². The highest BCUT2D eigenvalue weighted by Crippen LogP contribution is 2.38. The van der Waals surface area contributed by atoms with Crippen LogP contribution in [0.5, 0.6) is 0 Å². The van der Waals surface area contributed by atoms with E-state index in [1.54, 1.807) is 6.07 Å². The van der Waals surface area contributed by atoms with Gasteiger partial charge in [0.05, 0.1) is 17.4 Å². The number of halogens is 1. The van der Waals surface area contributed by atoms with E-state index in [0.717, 1.165) is 36.4 Å². The molecule has 2 aromatic rings. The Morgan fingerprint density at radius 2 is 1.82 bits per heavy atom. The van der Waals surface area contributed by atoms with E-state index in [-0.39, 0.29) is 17.8 Å². The number of anilines is 3. The van der Waals surface area contributed by atoms with Crippen molar-refractivity contribution in [1.82, 2.24) is 4.90 Å². The van der Waals surface area contributed by atoms with Crippen LogP contribution in [0, 0.1) is 5.82 Å². The molecule has 2 aliphatic heterocycles. The molecule has 2 atom stereocenters. The van der Waals surface area contributed by atoms with Crippen molar-refractivity contribution in [2.75, 3.05) is 29.4 Å². The van der Waals surface area contributed by atoms with Gasteiger partial charge in [0, 0.05) is 24.8 Å². The first-order valence-electron chi connectivity index (χ1n) is 10.3. The van der Waals surface area contributed by atoms with E-state index >= 15 is 0 Å². The number of para-hydroxylation sites is 1. The summed E-state index contributed by atoms with van der Waals surface area (Å²) in [6, 6.07) is 14.9. The number of amides is 1. The molecule has 4 nitrogen and oxygen atoms in total. The maximum absolute atomic E-state index is 14.1. The van der Waals surface area contributed by atoms with Crippen LogP contribution in [0.3, 0.4) is 0 Å². The standard InChI is InChI=1S/C23H28FN3O/c1-17-8-6-7-13-25(17)18(2)23(28)27-15-14-26(20-9-4-3-5-10-20)22-16-19(24)11-12-21(22)27/h3-5,9-12,16-18H,6-8,13-15H2,1-2H3/t17-,18?/m1/s1. The largest absolute Gasteiger partial charge is 0.338 e. The molecule has 2 heterocycles. The molecule has 0 N–H and O–H groups in total. The molecule has 1 saturated heterocycles. The first-order chi connectivity index (χ1) is 13.6. The van der Waals surface area contributed by atoms with Crippen LogP contribution in [0.25, 0.3) is 0 Å². The Balaban J connectivity index is 1.64. The predicted octanol–water partition coefficient (Wildman–Crippen LogP) is 4.57. The van der Waals surface area contributed by atoms with Gasteiger partial charge < -0.3 is 9.80 Å². The number of rotatable bonds is 3. The van der Waals surface area contributed by atoms with Crippen molar-refractivity contribution in [3.63, 3.8) is 0 Å². The number of hydrogen-bond acceptors (Lipinski definition) is 3. The number of hydrogen-bond donors (Lipinski definition) is 0. The Morgan fingerprint density at radius 1 is 1.04 bits per heavy atom. The van der Waals surface area contributed by atoms with E-state index in [9.17, 15) is 9.18 Å². The molecule has 148 valence electrons. The zero-order valence-electron chi connectivity index (χ0n) is 16.6. The molecule has 0 spiro atoms. The fraction of sp³-hybridized carbons (Fsp3) is 0.435. The van der Waals surface area contributed by atoms with Crippen LogP contribution < -0.4 is 9.80 Å². The molecule has 0 aliphatic carbocycles. The third-order valence-electron chi connectivity index (χ3n) is 6.11. The number of piperidine rings is 1. The summed E-state index contributed by atoms with van der Waals surface area (Å²) >= 11 is 0. The smallest absolute Gasteiger partial charge is 0.244 e. The summed E-state index contributed by atoms with van der Waals surface area (Å²) in [5.74, 6) is -0.180. The van der Waals surface area contributed by atoms with Gasteiger partial charge in [-0.2, -0.15) is 0 Å². The molecule has 0 saturated carbocycles. The highest BCUT2D eigenvalue weighted by Gasteiger charge is 2.34. The Kier molecular flexibility index (Phi) is 5.36. The predicted molar refractivity (Wildman–Crippen MR) is 112 cm³/mol. The highest BCUT2D eigenvalue weighted by atomic mass is 19.1. The van der Waals surface area contributed by atoms with E-state index in [4.69, 9.17) is 0 Å². The van der Waals surface area contributed by atoms with Gasteiger partial charge in [-0.15, -0.1) is 0 Å². The van der Waals surface area contributed by atoms with Crippen LogP contribution >= 0.6 is 0 Å². The van der Waals surface area contributed by atoms with Crippen LogP contribution in [0.2, 0.25) is 0 Å². The van der Waals surface area contributed by atoms with Crippen LogP contribution in [-0.4, -0.2) is 42.5 Å². The van der Waals surface area contributed by atoms with Crippen LogP contribution in [-0.2, 0) is 4.79 Å². The maximum Gasteiger partial charge on any atom is 0.244 e. The number of benzene rings is 2. The van der Waals surface area contributed by atoms with E-state index in [1.165, 1.54) is 18.6 Å². The average Bonchev–Trinajstić information content (AvgIpc) is 2.73. The molecule has 0 radical (unpaired) electrons. The van der Waals surface area contributed by atoms with Gasteiger partial charge in [-0.3, -0.25) is 9.69 Å². The molecule has 1 fully saturated rings. The van der Waals surface area contributed by atoms with Gasteiger partial charge in [-0.1, -0.05) is 24.6 Å². The monoisotopic (exact) mass is 381 g/mol. The molecule has 1 amide bonds. The molecule has 2 aromatic carbocycles. The lowest BCUT2D eigenvalue weighted by atomic mass is 10.0. The summed E-state index contributed by atoms with van der Waals surface area (Å²) in [6.07, 6.45) is 3.52. The number of fused-ring (bicyclic) bond motifs is 1. The van der Waals surface area contributed by atoms with Crippen molar-refractivity contribution in [1.29, 1.82) is 0 Å². The molecule has 28 heavy (non-hydrogen) atoms. The maximum atomic E-state index is 14.1. The molecule has 4 rings (SSSR count). The van der Waals surface area contributed by atoms with E-state index in [1.807, 2.05) is 42.2 Å². The van der Waals surface area contributed by atoms with Crippen LogP contribution in [0.4, 0.5) is 21.5 Å². The van der Waals surface area contributed by atoms with Crippen molar-refractivity contribution < 1.29 is 9.18 Å². The van der Waals surface area contributed by atoms with Gasteiger partial charge in [-0.05, 0) is 63.6 Å². The minimum absolute atomic E-state index is 0.106. The first-order valence-corrected chi connectivity index (χ1v) is 10.3. The second kappa shape index (κ2) is 7.92. The number of carbonyl (C=O) groups excluding carboxylic acids is 1. The second-order valence-electron chi connectivity index (χ2n) is 7.87. The summed E-state index contributed by atoms with van der Waals surface area (Å²) in [4.78, 5) is 19.7. The summed E-state index contributed by atoms with van der Waals surface area (Å²) in [7, 11) is 0. The minimum Gasteiger partial charge on any atom is -0.338 e. The average molecular weight is 381 g/mol. The molecular formula is C23H28FN3O. The van der Waals surface area contributed by atoms with E-state index in [2.05, 4.69) is 16.7 Å². The third-order valence-corrected chi connectivity index (χ3v) is 6.11. The fourth-order valence-corrected chi connectivity index (χ4v) is 4.55. The van der Waals surface area contributed by atoms with Gasteiger partial charge in [0.25, 0.3) is 0 Å². The number of carbonyl (C=O) groups is 1. The third kappa shape index (κ3) is 3.51. The Morgan fingerprint density at radius 3 is 2.57 bits per heavy atom. The van der Waals surface area contributed by atoms with Crippen LogP contribution in [0.15, 0.2) is 48.5 Å². The molecule has 2 aliphatic rings. The molecule has 0 bridgehead atoms. The second-order valence-corrected chi connectivity index (χ2v) is 7.87. The van der Waals surface area contributed by atoms with E-state index in [0.29, 0.717) is 19.1 Å². The van der Waals surface area contributed by atoms with Crippen molar-refractivity contribution in [2.45, 2.75) is 45.2 Å². The Hall–Kier alpha value is -2.40. The van der Waals surface area contributed by atoms with Gasteiger partial charge in [0.2, 0.25) is 5.91 Å². The fourth-order valence-electron chi connectivity index (χ4n) is 4.55. The normalized spacial score (nSPS) is 21.3. The summed E-state index contributed by atoms with van der Waals surface area (Å²) in [5, 5.41) is 0. The summed E-state index contributed by atoms with van der Waals surface area (Å²) in [5.41, 5.74) is 2.56. The lowest BCUT2D eigenvalue weighted by Crippen LogP contribution is -2.54. The molecule has 0 aromatic heterocycles. The molecule has 1 unspecified atom stereocenters. The van der Waals surface area contributed by atoms with Gasteiger partial charge in [0.15, 0.2) is 0 Å². The SMILES string of the molecule is CC(C(=O)N1CCN(c2ccccc2)c2cc(F)ccc21)N1CCCC[C@H]1C. The first kappa shape index (κ1) is 18.9. The highest BCUT2D eigenvalue weighted by molar-refractivity contribution is 6.01. The number of likely N-dealkylation sites (tertiary alicyclic amines) is 1. The Bertz CT molecular complexity index is 841. The minimum atomic E-state index is -0.285. The van der Waals surface area contributed by atoms with Crippen molar-refractivity contribution in [2.24, 2.45) is 0 Å². The van der Waals surface area contributed by atoms with Crippen molar-refractivity contribution >= 4 is 23.0 Å². The van der Waals surface area contributed by atoms with Gasteiger partial charge >= 0.3 is 0 Å². The van der Waals surface area contributed by atoms with Crippen molar-refractivity contribution in [3.05, 3.63) is 54.3 Å². The zero-order chi connectivity index (χ0) is 19.7. The zero-order valence-corrected chi connectivity index (χ0v) is 16.6. The summed E-state index contributed by atoms with van der Waals surface area (Å²) < 4.78 is 14.1. The van der Waals surface area contributed by atoms with Gasteiger partial charge in [-0.25, -0.2) is 4.39 Å². The molecular weight excluding hydrogens is 353 g/mol. The summed E-state index contributed by atoms with van der Waals surface area (Å²) in [6.45, 7) is 6.43. The topological polar surface area (TPSA) is 26.8 Å². The van der Waals surface area contributed by atoms with Crippen LogP contribution in [0.1, 0.15) is 33.1 Å². The lowest BCUT2D eigenvalue weighted by Gasteiger charge is -2.42. The molecule has 5 heteroatoms. The van der Waals surface area contributed by atoms with Gasteiger partial charge in [0.1, 0.15) is 5.82 Å².